The van der Waals surface area contributed by atoms with E-state index in [4.69, 9.17) is 9.47 Å². The highest BCUT2D eigenvalue weighted by Gasteiger charge is 2.45. The lowest BCUT2D eigenvalue weighted by Crippen LogP contribution is -2.26. The predicted molar refractivity (Wildman–Crippen MR) is 53.2 cm³/mol. The van der Waals surface area contributed by atoms with E-state index in [1.165, 1.54) is 0 Å². The van der Waals surface area contributed by atoms with Gasteiger partial charge in [0.1, 0.15) is 11.5 Å². The number of fused-ring (bicyclic) bond motifs is 3. The van der Waals surface area contributed by atoms with Crippen LogP contribution in [0.3, 0.4) is 0 Å². The van der Waals surface area contributed by atoms with E-state index in [0.717, 1.165) is 17.1 Å². The molecule has 1 fully saturated rings. The van der Waals surface area contributed by atoms with Crippen LogP contribution in [0.4, 0.5) is 0 Å². The highest BCUT2D eigenvalue weighted by Crippen LogP contribution is 2.45. The molecule has 2 atom stereocenters. The van der Waals surface area contributed by atoms with E-state index in [2.05, 4.69) is 5.32 Å². The fraction of sp³-hybridized carbons (Fsp3) is 0.364. The zero-order chi connectivity index (χ0) is 10.4. The molecule has 1 aromatic rings. The van der Waals surface area contributed by atoms with Gasteiger partial charge in [0.2, 0.25) is 0 Å². The Labute approximate surface area is 87.2 Å². The first-order valence-corrected chi connectivity index (χ1v) is 4.92. The summed E-state index contributed by atoms with van der Waals surface area (Å²) in [6, 6.07) is 5.65. The molecule has 4 nitrogen and oxygen atoms in total. The van der Waals surface area contributed by atoms with Crippen LogP contribution in [0.15, 0.2) is 18.2 Å². The Morgan fingerprint density at radius 2 is 2.40 bits per heavy atom. The molecule has 0 saturated carbocycles. The summed E-state index contributed by atoms with van der Waals surface area (Å²) < 4.78 is 10.9. The van der Waals surface area contributed by atoms with E-state index in [0.29, 0.717) is 6.54 Å². The van der Waals surface area contributed by atoms with Crippen molar-refractivity contribution in [3.05, 3.63) is 23.8 Å². The number of nitrogens with one attached hydrogen (secondary N) is 1. The number of carbonyl (C=O) groups is 1. The predicted octanol–water partition coefficient (Wildman–Crippen LogP) is 0.670. The summed E-state index contributed by atoms with van der Waals surface area (Å²) in [6.45, 7) is 0.636. The average Bonchev–Trinajstić information content (AvgIpc) is 2.78. The number of benzene rings is 1. The summed E-state index contributed by atoms with van der Waals surface area (Å²) in [6.07, 6.45) is -0.365. The molecule has 2 aliphatic heterocycles. The van der Waals surface area contributed by atoms with Gasteiger partial charge >= 0.3 is 0 Å². The van der Waals surface area contributed by atoms with Gasteiger partial charge in [-0.25, -0.2) is 0 Å². The van der Waals surface area contributed by atoms with Crippen molar-refractivity contribution in [3.8, 4) is 11.5 Å². The summed E-state index contributed by atoms with van der Waals surface area (Å²) in [5.41, 5.74) is 1.02. The van der Waals surface area contributed by atoms with Crippen LogP contribution in [-0.4, -0.2) is 25.7 Å². The van der Waals surface area contributed by atoms with Crippen LogP contribution < -0.4 is 14.8 Å². The first-order valence-electron chi connectivity index (χ1n) is 4.92. The molecule has 0 aliphatic carbocycles. The summed E-state index contributed by atoms with van der Waals surface area (Å²) in [5.74, 6) is 1.65. The third-order valence-electron chi connectivity index (χ3n) is 2.99. The Morgan fingerprint density at radius 3 is 3.20 bits per heavy atom. The fourth-order valence-corrected chi connectivity index (χ4v) is 2.30. The van der Waals surface area contributed by atoms with Crippen LogP contribution in [0, 0.1) is 0 Å². The van der Waals surface area contributed by atoms with Gasteiger partial charge in [-0.2, -0.15) is 0 Å². The molecule has 4 heteroatoms. The van der Waals surface area contributed by atoms with Gasteiger partial charge in [-0.05, 0) is 12.1 Å². The number of rotatable bonds is 1. The second kappa shape index (κ2) is 2.89. The second-order valence-electron chi connectivity index (χ2n) is 3.76. The number of carbonyl (C=O) groups excluding carboxylic acids is 1. The van der Waals surface area contributed by atoms with Crippen molar-refractivity contribution in [1.29, 1.82) is 0 Å². The highest BCUT2D eigenvalue weighted by molar-refractivity contribution is 5.86. The van der Waals surface area contributed by atoms with Crippen LogP contribution in [0.5, 0.6) is 11.5 Å². The summed E-state index contributed by atoms with van der Waals surface area (Å²) in [7, 11) is 1.63. The minimum atomic E-state index is -0.365. The number of methoxy groups -OCH3 is 1. The van der Waals surface area contributed by atoms with Crippen LogP contribution >= 0.6 is 0 Å². The maximum absolute atomic E-state index is 11.4. The zero-order valence-electron chi connectivity index (χ0n) is 8.32. The summed E-state index contributed by atoms with van der Waals surface area (Å²) in [5, 5.41) is 2.79. The van der Waals surface area contributed by atoms with E-state index in [1.54, 1.807) is 7.11 Å². The van der Waals surface area contributed by atoms with Gasteiger partial charge in [0, 0.05) is 12.1 Å². The quantitative estimate of drug-likeness (QED) is 0.733. The first kappa shape index (κ1) is 8.59. The van der Waals surface area contributed by atoms with Crippen molar-refractivity contribution < 1.29 is 14.3 Å². The van der Waals surface area contributed by atoms with E-state index < -0.39 is 0 Å². The lowest BCUT2D eigenvalue weighted by Gasteiger charge is -2.08. The molecule has 0 spiro atoms. The molecule has 1 N–H and O–H groups in total. The monoisotopic (exact) mass is 205 g/mol. The normalized spacial score (nSPS) is 26.6. The first-order chi connectivity index (χ1) is 7.31. The maximum Gasteiger partial charge on any atom is 0.261 e. The van der Waals surface area contributed by atoms with Crippen molar-refractivity contribution >= 4 is 5.91 Å². The smallest absolute Gasteiger partial charge is 0.261 e. The molecule has 1 amide bonds. The average molecular weight is 205 g/mol. The largest absolute Gasteiger partial charge is 0.496 e. The van der Waals surface area contributed by atoms with Gasteiger partial charge in [-0.15, -0.1) is 0 Å². The second-order valence-corrected chi connectivity index (χ2v) is 3.76. The van der Waals surface area contributed by atoms with Crippen LogP contribution in [-0.2, 0) is 4.79 Å². The fourth-order valence-electron chi connectivity index (χ4n) is 2.30. The Balaban J connectivity index is 2.11. The topological polar surface area (TPSA) is 47.6 Å². The molecule has 2 heterocycles. The molecular formula is C11H11NO3. The summed E-state index contributed by atoms with van der Waals surface area (Å²) >= 11 is 0. The molecule has 3 rings (SSSR count). The third-order valence-corrected chi connectivity index (χ3v) is 2.99. The molecule has 2 aliphatic rings. The Morgan fingerprint density at radius 1 is 1.53 bits per heavy atom. The standard InChI is InChI=1S/C11H11NO3/c1-14-7-3-2-4-8-9(7)6-5-12-11(13)10(6)15-8/h2-4,6,10H,5H2,1H3,(H,12,13). The van der Waals surface area contributed by atoms with Gasteiger partial charge in [-0.1, -0.05) is 6.07 Å². The number of amides is 1. The maximum atomic E-state index is 11.4. The van der Waals surface area contributed by atoms with Gasteiger partial charge in [0.15, 0.2) is 6.10 Å². The van der Waals surface area contributed by atoms with E-state index >= 15 is 0 Å². The SMILES string of the molecule is COc1cccc2c1C1CNC(=O)C1O2. The minimum absolute atomic E-state index is 0.0294. The zero-order valence-corrected chi connectivity index (χ0v) is 8.32. The van der Waals surface area contributed by atoms with Crippen molar-refractivity contribution in [3.63, 3.8) is 0 Å². The Bertz CT molecular complexity index is 430. The molecule has 2 unspecified atom stereocenters. The van der Waals surface area contributed by atoms with Crippen molar-refractivity contribution in [2.75, 3.05) is 13.7 Å². The van der Waals surface area contributed by atoms with Crippen molar-refractivity contribution in [2.24, 2.45) is 0 Å². The van der Waals surface area contributed by atoms with E-state index in [-0.39, 0.29) is 17.9 Å². The molecule has 0 bridgehead atoms. The van der Waals surface area contributed by atoms with Gasteiger partial charge in [-0.3, -0.25) is 4.79 Å². The van der Waals surface area contributed by atoms with Crippen LogP contribution in [0.1, 0.15) is 11.5 Å². The number of hydrogen-bond donors (Lipinski definition) is 1. The van der Waals surface area contributed by atoms with Crippen molar-refractivity contribution in [1.82, 2.24) is 5.32 Å². The molecule has 0 radical (unpaired) electrons. The number of hydrogen-bond acceptors (Lipinski definition) is 3. The van der Waals surface area contributed by atoms with Gasteiger partial charge in [0.25, 0.3) is 5.91 Å². The molecule has 1 saturated heterocycles. The van der Waals surface area contributed by atoms with E-state index in [9.17, 15) is 4.79 Å². The third kappa shape index (κ3) is 1.04. The molecule has 1 aromatic carbocycles. The van der Waals surface area contributed by atoms with Crippen LogP contribution in [0.25, 0.3) is 0 Å². The molecule has 15 heavy (non-hydrogen) atoms. The van der Waals surface area contributed by atoms with E-state index in [1.807, 2.05) is 18.2 Å². The van der Waals surface area contributed by atoms with Gasteiger partial charge < -0.3 is 14.8 Å². The van der Waals surface area contributed by atoms with Crippen molar-refractivity contribution in [2.45, 2.75) is 12.0 Å². The summed E-state index contributed by atoms with van der Waals surface area (Å²) in [4.78, 5) is 11.4. The Hall–Kier alpha value is -1.71. The lowest BCUT2D eigenvalue weighted by molar-refractivity contribution is -0.124. The van der Waals surface area contributed by atoms with Gasteiger partial charge in [0.05, 0.1) is 13.0 Å². The molecule has 78 valence electrons. The molecule has 0 aromatic heterocycles. The highest BCUT2D eigenvalue weighted by atomic mass is 16.5. The minimum Gasteiger partial charge on any atom is -0.496 e. The lowest BCUT2D eigenvalue weighted by atomic mass is 9.97. The Kier molecular flexibility index (Phi) is 1.65. The molecular weight excluding hydrogens is 194 g/mol. The number of ether oxygens (including phenoxy) is 2. The van der Waals surface area contributed by atoms with Crippen LogP contribution in [0.2, 0.25) is 0 Å².